The number of carbonyl (C=O) groups is 1. The van der Waals surface area contributed by atoms with Gasteiger partial charge in [0.2, 0.25) is 0 Å². The summed E-state index contributed by atoms with van der Waals surface area (Å²) in [4.78, 5) is 10.3. The molecule has 1 aliphatic rings. The Bertz CT molecular complexity index is 210. The molecule has 0 aliphatic carbocycles. The van der Waals surface area contributed by atoms with Gasteiger partial charge in [-0.05, 0) is 0 Å². The number of hydrogen-bond donors (Lipinski definition) is 2. The molecule has 4 nitrogen and oxygen atoms in total. The van der Waals surface area contributed by atoms with E-state index in [1.807, 2.05) is 0 Å². The molecule has 1 heterocycles. The first-order valence-corrected chi connectivity index (χ1v) is 3.35. The van der Waals surface area contributed by atoms with Gasteiger partial charge < -0.3 is 20.7 Å². The fraction of sp³-hybridized carbons (Fsp3) is 0.429. The highest BCUT2D eigenvalue weighted by Gasteiger charge is 2.18. The zero-order valence-corrected chi connectivity index (χ0v) is 6.04. The second kappa shape index (κ2) is 3.18. The van der Waals surface area contributed by atoms with Gasteiger partial charge in [0.1, 0.15) is 6.29 Å². The second-order valence-corrected chi connectivity index (χ2v) is 2.45. The maximum absolute atomic E-state index is 10.3. The molecular formula is C7H10N2O2. The first kappa shape index (κ1) is 7.78. The molecule has 1 unspecified atom stereocenters. The molecule has 4 heteroatoms. The third-order valence-corrected chi connectivity index (χ3v) is 1.58. The minimum Gasteiger partial charge on any atom is -0.489 e. The first-order valence-electron chi connectivity index (χ1n) is 3.35. The number of aldehydes is 1. The zero-order chi connectivity index (χ0) is 8.27. The lowest BCUT2D eigenvalue weighted by Crippen LogP contribution is -2.22. The summed E-state index contributed by atoms with van der Waals surface area (Å²) in [6.07, 6.45) is 2.40. The Morgan fingerprint density at radius 1 is 1.73 bits per heavy atom. The molecular weight excluding hydrogens is 144 g/mol. The van der Waals surface area contributed by atoms with E-state index in [1.165, 1.54) is 0 Å². The zero-order valence-electron chi connectivity index (χ0n) is 6.04. The molecule has 0 aromatic carbocycles. The van der Waals surface area contributed by atoms with Crippen LogP contribution in [0.5, 0.6) is 0 Å². The number of nitrogens with two attached hydrogens (primary N) is 1. The molecule has 0 bridgehead atoms. The van der Waals surface area contributed by atoms with Crippen LogP contribution in [0.1, 0.15) is 6.42 Å². The molecule has 1 atom stereocenters. The summed E-state index contributed by atoms with van der Waals surface area (Å²) >= 11 is 0. The van der Waals surface area contributed by atoms with Gasteiger partial charge in [0, 0.05) is 6.42 Å². The number of nitrogens with one attached hydrogen (secondary N) is 1. The van der Waals surface area contributed by atoms with Crippen molar-refractivity contribution in [2.24, 2.45) is 11.7 Å². The highest BCUT2D eigenvalue weighted by molar-refractivity contribution is 5.74. The largest absolute Gasteiger partial charge is 0.489 e. The van der Waals surface area contributed by atoms with Gasteiger partial charge >= 0.3 is 0 Å². The SMILES string of the molecule is N=CC1=C(N)CC(C=O)CO1. The molecule has 0 aromatic rings. The summed E-state index contributed by atoms with van der Waals surface area (Å²) < 4.78 is 5.02. The second-order valence-electron chi connectivity index (χ2n) is 2.45. The smallest absolute Gasteiger partial charge is 0.155 e. The van der Waals surface area contributed by atoms with Gasteiger partial charge in [-0.1, -0.05) is 0 Å². The standard InChI is InChI=1S/C7H10N2O2/c8-2-7-6(9)1-5(3-10)4-11-7/h2-3,5,8H,1,4,9H2. The van der Waals surface area contributed by atoms with Crippen LogP contribution < -0.4 is 5.73 Å². The Labute approximate surface area is 64.5 Å². The Morgan fingerprint density at radius 3 is 2.91 bits per heavy atom. The predicted molar refractivity (Wildman–Crippen MR) is 40.1 cm³/mol. The number of rotatable bonds is 2. The highest BCUT2D eigenvalue weighted by Crippen LogP contribution is 2.16. The summed E-state index contributed by atoms with van der Waals surface area (Å²) in [5.74, 6) is 0.252. The third-order valence-electron chi connectivity index (χ3n) is 1.58. The molecule has 11 heavy (non-hydrogen) atoms. The van der Waals surface area contributed by atoms with E-state index < -0.39 is 0 Å². The Hall–Kier alpha value is -1.32. The molecule has 1 aliphatic heterocycles. The van der Waals surface area contributed by atoms with Gasteiger partial charge in [-0.15, -0.1) is 0 Å². The number of allylic oxidation sites excluding steroid dienone is 2. The summed E-state index contributed by atoms with van der Waals surface area (Å²) in [6.45, 7) is 0.342. The van der Waals surface area contributed by atoms with Gasteiger partial charge in [0.05, 0.1) is 24.4 Å². The molecule has 1 rings (SSSR count). The van der Waals surface area contributed by atoms with Crippen LogP contribution in [-0.4, -0.2) is 19.1 Å². The fourth-order valence-electron chi connectivity index (χ4n) is 0.953. The van der Waals surface area contributed by atoms with Gasteiger partial charge in [0.15, 0.2) is 5.76 Å². The normalized spacial score (nSPS) is 24.2. The fourth-order valence-corrected chi connectivity index (χ4v) is 0.953. The van der Waals surface area contributed by atoms with Crippen LogP contribution in [0, 0.1) is 11.3 Å². The van der Waals surface area contributed by atoms with Crippen LogP contribution in [0.3, 0.4) is 0 Å². The quantitative estimate of drug-likeness (QED) is 0.435. The average molecular weight is 154 g/mol. The summed E-state index contributed by atoms with van der Waals surface area (Å²) in [7, 11) is 0. The van der Waals surface area contributed by atoms with Gasteiger partial charge in [-0.2, -0.15) is 0 Å². The van der Waals surface area contributed by atoms with Crippen molar-refractivity contribution >= 4 is 12.5 Å². The lowest BCUT2D eigenvalue weighted by atomic mass is 10.0. The minimum absolute atomic E-state index is 0.140. The van der Waals surface area contributed by atoms with Crippen LogP contribution in [0.4, 0.5) is 0 Å². The topological polar surface area (TPSA) is 76.2 Å². The maximum atomic E-state index is 10.3. The van der Waals surface area contributed by atoms with Gasteiger partial charge in [0.25, 0.3) is 0 Å². The molecule has 0 amide bonds. The Balaban J connectivity index is 2.70. The first-order chi connectivity index (χ1) is 5.27. The molecule has 0 saturated heterocycles. The van der Waals surface area contributed by atoms with E-state index in [0.717, 1.165) is 12.5 Å². The molecule has 60 valence electrons. The lowest BCUT2D eigenvalue weighted by molar-refractivity contribution is -0.112. The Morgan fingerprint density at radius 2 is 2.45 bits per heavy atom. The van der Waals surface area contributed by atoms with E-state index in [9.17, 15) is 4.79 Å². The van der Waals surface area contributed by atoms with Crippen LogP contribution in [0.15, 0.2) is 11.5 Å². The van der Waals surface area contributed by atoms with E-state index >= 15 is 0 Å². The van der Waals surface area contributed by atoms with Gasteiger partial charge in [-0.3, -0.25) is 0 Å². The summed E-state index contributed by atoms with van der Waals surface area (Å²) in [6, 6.07) is 0. The van der Waals surface area contributed by atoms with Gasteiger partial charge in [-0.25, -0.2) is 0 Å². The molecule has 0 radical (unpaired) electrons. The van der Waals surface area contributed by atoms with Crippen molar-refractivity contribution < 1.29 is 9.53 Å². The molecule has 0 spiro atoms. The van der Waals surface area contributed by atoms with Crippen molar-refractivity contribution in [3.8, 4) is 0 Å². The van der Waals surface area contributed by atoms with Crippen LogP contribution >= 0.6 is 0 Å². The summed E-state index contributed by atoms with van der Waals surface area (Å²) in [5.41, 5.74) is 5.99. The van der Waals surface area contributed by atoms with Crippen LogP contribution in [0.2, 0.25) is 0 Å². The van der Waals surface area contributed by atoms with E-state index in [1.54, 1.807) is 0 Å². The molecule has 0 aromatic heterocycles. The minimum atomic E-state index is -0.140. The number of hydrogen-bond acceptors (Lipinski definition) is 4. The highest BCUT2D eigenvalue weighted by atomic mass is 16.5. The monoisotopic (exact) mass is 154 g/mol. The van der Waals surface area contributed by atoms with Crippen molar-refractivity contribution in [3.63, 3.8) is 0 Å². The number of ether oxygens (including phenoxy) is 1. The van der Waals surface area contributed by atoms with Crippen molar-refractivity contribution in [2.75, 3.05) is 6.61 Å². The van der Waals surface area contributed by atoms with E-state index in [4.69, 9.17) is 15.9 Å². The third kappa shape index (κ3) is 1.58. The van der Waals surface area contributed by atoms with Crippen molar-refractivity contribution in [1.29, 1.82) is 5.41 Å². The van der Waals surface area contributed by atoms with E-state index in [2.05, 4.69) is 0 Å². The molecule has 3 N–H and O–H groups in total. The Kier molecular flexibility index (Phi) is 2.25. The van der Waals surface area contributed by atoms with Crippen molar-refractivity contribution in [1.82, 2.24) is 0 Å². The predicted octanol–water partition coefficient (Wildman–Crippen LogP) is 0.0417. The molecule has 0 fully saturated rings. The van der Waals surface area contributed by atoms with Crippen molar-refractivity contribution in [2.45, 2.75) is 6.42 Å². The van der Waals surface area contributed by atoms with Crippen LogP contribution in [-0.2, 0) is 9.53 Å². The maximum Gasteiger partial charge on any atom is 0.155 e. The van der Waals surface area contributed by atoms with E-state index in [-0.39, 0.29) is 5.92 Å². The summed E-state index contributed by atoms with van der Waals surface area (Å²) in [5, 5.41) is 6.87. The lowest BCUT2D eigenvalue weighted by Gasteiger charge is -2.19. The van der Waals surface area contributed by atoms with Crippen LogP contribution in [0.25, 0.3) is 0 Å². The number of carbonyl (C=O) groups excluding carboxylic acids is 1. The van der Waals surface area contributed by atoms with E-state index in [0.29, 0.717) is 24.5 Å². The average Bonchev–Trinajstić information content (AvgIpc) is 2.04. The van der Waals surface area contributed by atoms with Crippen molar-refractivity contribution in [3.05, 3.63) is 11.5 Å². The molecule has 0 saturated carbocycles.